The Morgan fingerprint density at radius 3 is 2.66 bits per heavy atom. The fourth-order valence-electron chi connectivity index (χ4n) is 3.54. The zero-order valence-electron chi connectivity index (χ0n) is 16.1. The first kappa shape index (κ1) is 20.1. The average Bonchev–Trinajstić information content (AvgIpc) is 3.13. The van der Waals surface area contributed by atoms with Gasteiger partial charge in [-0.2, -0.15) is 0 Å². The topological polar surface area (TPSA) is 98.9 Å². The van der Waals surface area contributed by atoms with Crippen LogP contribution in [-0.4, -0.2) is 66.9 Å². The predicted molar refractivity (Wildman–Crippen MR) is 115 cm³/mol. The van der Waals surface area contributed by atoms with Crippen molar-refractivity contribution in [1.29, 1.82) is 0 Å². The largest absolute Gasteiger partial charge is 0.477 e. The fourth-order valence-corrected chi connectivity index (χ4v) is 6.72. The van der Waals surface area contributed by atoms with E-state index >= 15 is 0 Å². The van der Waals surface area contributed by atoms with Gasteiger partial charge in [0.25, 0.3) is 0 Å². The molecule has 0 saturated carbocycles. The second-order valence-electron chi connectivity index (χ2n) is 6.90. The molecule has 3 aliphatic heterocycles. The van der Waals surface area contributed by atoms with E-state index in [1.54, 1.807) is 18.7 Å². The van der Waals surface area contributed by atoms with Gasteiger partial charge in [0, 0.05) is 32.0 Å². The molecule has 3 aliphatic rings. The third-order valence-electron chi connectivity index (χ3n) is 4.95. The molecule has 154 valence electrons. The Bertz CT molecular complexity index is 999. The van der Waals surface area contributed by atoms with Gasteiger partial charge in [0.1, 0.15) is 0 Å². The van der Waals surface area contributed by atoms with Crippen LogP contribution in [0.25, 0.3) is 11.0 Å². The Labute approximate surface area is 176 Å². The lowest BCUT2D eigenvalue weighted by molar-refractivity contribution is -0.145. The molecule has 8 nitrogen and oxygen atoms in total. The average molecular weight is 435 g/mol. The molecule has 1 aromatic heterocycles. The highest BCUT2D eigenvalue weighted by molar-refractivity contribution is 8.23. The number of aliphatic hydroxyl groups excluding tert-OH is 1. The molecule has 1 aromatic carbocycles. The maximum absolute atomic E-state index is 11.7. The molecule has 1 atom stereocenters. The number of aliphatic hydroxyl groups is 1. The van der Waals surface area contributed by atoms with Crippen LogP contribution in [0.4, 0.5) is 5.95 Å². The van der Waals surface area contributed by atoms with E-state index < -0.39 is 5.97 Å². The molecular weight excluding hydrogens is 412 g/mol. The van der Waals surface area contributed by atoms with Crippen LogP contribution in [0.2, 0.25) is 0 Å². The van der Waals surface area contributed by atoms with Gasteiger partial charge in [-0.05, 0) is 19.1 Å². The molecule has 4 heterocycles. The molecule has 0 aliphatic carbocycles. The van der Waals surface area contributed by atoms with Crippen molar-refractivity contribution in [3.05, 3.63) is 34.2 Å². The molecule has 1 unspecified atom stereocenters. The Hall–Kier alpha value is -2.17. The number of rotatable bonds is 4. The highest BCUT2D eigenvalue weighted by Crippen LogP contribution is 2.52. The molecule has 2 N–H and O–H groups in total. The second-order valence-corrected chi connectivity index (χ2v) is 9.66. The first-order valence-corrected chi connectivity index (χ1v) is 11.1. The van der Waals surface area contributed by atoms with Crippen LogP contribution in [0.15, 0.2) is 34.2 Å². The minimum Gasteiger partial charge on any atom is -0.477 e. The van der Waals surface area contributed by atoms with Gasteiger partial charge in [0.05, 0.1) is 27.1 Å². The van der Waals surface area contributed by atoms with Crippen LogP contribution in [0, 0.1) is 0 Å². The summed E-state index contributed by atoms with van der Waals surface area (Å²) in [5.74, 6) is -0.166. The first-order chi connectivity index (χ1) is 13.9. The SMILES string of the molecule is CCO.Cn1c(N2CC(SC3=C(C(=O)O)N4C(=O)CC4S3)C2)nc2ccccc21. The van der Waals surface area contributed by atoms with Gasteiger partial charge in [-0.1, -0.05) is 23.9 Å². The second kappa shape index (κ2) is 7.92. The van der Waals surface area contributed by atoms with Crippen LogP contribution >= 0.6 is 23.5 Å². The quantitative estimate of drug-likeness (QED) is 0.706. The molecule has 0 bridgehead atoms. The number of aryl methyl sites for hydroxylation is 1. The van der Waals surface area contributed by atoms with Crippen molar-refractivity contribution >= 4 is 52.4 Å². The van der Waals surface area contributed by atoms with Crippen molar-refractivity contribution in [2.45, 2.75) is 24.0 Å². The summed E-state index contributed by atoms with van der Waals surface area (Å²) < 4.78 is 2.86. The van der Waals surface area contributed by atoms with Crippen molar-refractivity contribution in [3.8, 4) is 0 Å². The van der Waals surface area contributed by atoms with Gasteiger partial charge in [-0.3, -0.25) is 9.69 Å². The highest BCUT2D eigenvalue weighted by atomic mass is 32.2. The number of β-lactam (4-membered cyclic amide) rings is 1. The summed E-state index contributed by atoms with van der Waals surface area (Å²) in [4.78, 5) is 31.6. The molecule has 2 aromatic rings. The minimum atomic E-state index is -1.01. The molecule has 10 heteroatoms. The van der Waals surface area contributed by atoms with Crippen LogP contribution in [0.1, 0.15) is 13.3 Å². The summed E-state index contributed by atoms with van der Waals surface area (Å²) in [5, 5.41) is 17.3. The number of nitrogens with zero attached hydrogens (tertiary/aromatic N) is 4. The number of thioether (sulfide) groups is 2. The number of fused-ring (bicyclic) bond motifs is 2. The fraction of sp³-hybridized carbons (Fsp3) is 0.421. The molecule has 2 fully saturated rings. The van der Waals surface area contributed by atoms with E-state index in [-0.39, 0.29) is 23.6 Å². The van der Waals surface area contributed by atoms with E-state index in [0.717, 1.165) is 34.3 Å². The molecule has 0 spiro atoms. The van der Waals surface area contributed by atoms with Crippen LogP contribution in [0.3, 0.4) is 0 Å². The molecule has 1 amide bonds. The van der Waals surface area contributed by atoms with Gasteiger partial charge in [-0.15, -0.1) is 11.8 Å². The van der Waals surface area contributed by atoms with Gasteiger partial charge in [0.15, 0.2) is 5.70 Å². The molecule has 5 rings (SSSR count). The van der Waals surface area contributed by atoms with Gasteiger partial charge >= 0.3 is 5.97 Å². The molecule has 0 radical (unpaired) electrons. The number of aliphatic carboxylic acids is 1. The van der Waals surface area contributed by atoms with E-state index in [4.69, 9.17) is 10.1 Å². The van der Waals surface area contributed by atoms with Crippen LogP contribution < -0.4 is 4.90 Å². The molecule has 29 heavy (non-hydrogen) atoms. The Morgan fingerprint density at radius 1 is 1.34 bits per heavy atom. The van der Waals surface area contributed by atoms with Crippen LogP contribution in [0.5, 0.6) is 0 Å². The Kier molecular flexibility index (Phi) is 5.50. The predicted octanol–water partition coefficient (Wildman–Crippen LogP) is 2.05. The number of carboxylic acid groups (broad SMARTS) is 1. The standard InChI is InChI=1S/C17H16N4O3S2.C2H6O/c1-19-11-5-3-2-4-10(11)18-17(19)20-7-9(8-20)25-16-14(15(23)24)21-12(22)6-13(21)26-16;1-2-3/h2-5,9,13H,6-8H2,1H3,(H,23,24);3H,2H2,1H3. The summed E-state index contributed by atoms with van der Waals surface area (Å²) in [6, 6.07) is 8.05. The van der Waals surface area contributed by atoms with Gasteiger partial charge < -0.3 is 19.7 Å². The number of carbonyl (C=O) groups is 2. The number of aromatic nitrogens is 2. The third kappa shape index (κ3) is 3.49. The number of hydrogen-bond acceptors (Lipinski definition) is 7. The lowest BCUT2D eigenvalue weighted by atomic mass is 10.2. The summed E-state index contributed by atoms with van der Waals surface area (Å²) in [5.41, 5.74) is 2.25. The van der Waals surface area contributed by atoms with E-state index in [2.05, 4.69) is 15.5 Å². The number of hydrogen-bond donors (Lipinski definition) is 2. The smallest absolute Gasteiger partial charge is 0.354 e. The van der Waals surface area contributed by atoms with Gasteiger partial charge in [-0.25, -0.2) is 9.78 Å². The summed E-state index contributed by atoms with van der Waals surface area (Å²) in [6.45, 7) is 3.56. The highest BCUT2D eigenvalue weighted by Gasteiger charge is 2.49. The van der Waals surface area contributed by atoms with Gasteiger partial charge in [0.2, 0.25) is 11.9 Å². The number of benzene rings is 1. The van der Waals surface area contributed by atoms with Crippen molar-refractivity contribution in [2.24, 2.45) is 7.05 Å². The lowest BCUT2D eigenvalue weighted by Gasteiger charge is -2.39. The summed E-state index contributed by atoms with van der Waals surface area (Å²) in [7, 11) is 2.01. The number of anilines is 1. The number of carboxylic acids is 1. The number of para-hydroxylation sites is 2. The monoisotopic (exact) mass is 434 g/mol. The molecule has 2 saturated heterocycles. The zero-order chi connectivity index (χ0) is 20.7. The summed E-state index contributed by atoms with van der Waals surface area (Å²) in [6.07, 6.45) is 0.433. The number of amides is 1. The minimum absolute atomic E-state index is 0.0212. The lowest BCUT2D eigenvalue weighted by Crippen LogP contribution is -2.50. The maximum Gasteiger partial charge on any atom is 0.354 e. The Morgan fingerprint density at radius 2 is 2.03 bits per heavy atom. The van der Waals surface area contributed by atoms with E-state index in [9.17, 15) is 14.7 Å². The summed E-state index contributed by atoms with van der Waals surface area (Å²) >= 11 is 3.09. The van der Waals surface area contributed by atoms with E-state index in [0.29, 0.717) is 11.7 Å². The Balaban J connectivity index is 0.000000645. The normalized spacial score (nSPS) is 20.9. The van der Waals surface area contributed by atoms with E-state index in [1.165, 1.54) is 16.7 Å². The van der Waals surface area contributed by atoms with Crippen molar-refractivity contribution in [3.63, 3.8) is 0 Å². The third-order valence-corrected chi connectivity index (χ3v) is 7.63. The van der Waals surface area contributed by atoms with Crippen molar-refractivity contribution in [1.82, 2.24) is 14.5 Å². The number of imidazole rings is 1. The van der Waals surface area contributed by atoms with Crippen molar-refractivity contribution < 1.29 is 19.8 Å². The van der Waals surface area contributed by atoms with Crippen LogP contribution in [-0.2, 0) is 16.6 Å². The number of carbonyl (C=O) groups excluding carboxylic acids is 1. The zero-order valence-corrected chi connectivity index (χ0v) is 17.7. The first-order valence-electron chi connectivity index (χ1n) is 9.34. The van der Waals surface area contributed by atoms with Crippen molar-refractivity contribution in [2.75, 3.05) is 24.6 Å². The molecular formula is C19H22N4O4S2. The maximum atomic E-state index is 11.7. The van der Waals surface area contributed by atoms with E-state index in [1.807, 2.05) is 25.2 Å².